The van der Waals surface area contributed by atoms with Crippen molar-refractivity contribution in [3.63, 3.8) is 0 Å². The van der Waals surface area contributed by atoms with E-state index >= 15 is 0 Å². The van der Waals surface area contributed by atoms with Crippen molar-refractivity contribution >= 4 is 17.2 Å². The van der Waals surface area contributed by atoms with E-state index < -0.39 is 0 Å². The predicted molar refractivity (Wildman–Crippen MR) is 76.7 cm³/mol. The van der Waals surface area contributed by atoms with Gasteiger partial charge in [-0.15, -0.1) is 11.3 Å². The molecule has 0 bridgehead atoms. The first-order chi connectivity index (χ1) is 9.24. The monoisotopic (exact) mass is 275 g/mol. The standard InChI is InChI=1S/C14H17N3OS/c1-17(10-13-5-3-7-19-13)11-14(18)16-9-12-4-2-6-15-8-12/h2-8H,9-11H2,1H3,(H,16,18). The van der Waals surface area contributed by atoms with Crippen LogP contribution in [0, 0.1) is 0 Å². The Bertz CT molecular complexity index is 499. The van der Waals surface area contributed by atoms with Crippen molar-refractivity contribution < 1.29 is 4.79 Å². The SMILES string of the molecule is CN(CC(=O)NCc1cccnc1)Cc1cccs1. The molecule has 2 aromatic heterocycles. The molecule has 0 aliphatic carbocycles. The van der Waals surface area contributed by atoms with Crippen LogP contribution in [0.4, 0.5) is 0 Å². The van der Waals surface area contributed by atoms with Crippen LogP contribution in [0.1, 0.15) is 10.4 Å². The molecule has 2 aromatic rings. The molecule has 5 heteroatoms. The zero-order valence-corrected chi connectivity index (χ0v) is 11.7. The minimum absolute atomic E-state index is 0.0305. The van der Waals surface area contributed by atoms with Crippen LogP contribution in [0.5, 0.6) is 0 Å². The van der Waals surface area contributed by atoms with E-state index in [1.807, 2.05) is 35.5 Å². The van der Waals surface area contributed by atoms with E-state index in [2.05, 4.69) is 16.4 Å². The van der Waals surface area contributed by atoms with E-state index in [0.717, 1.165) is 12.1 Å². The molecule has 2 heterocycles. The molecule has 19 heavy (non-hydrogen) atoms. The van der Waals surface area contributed by atoms with Crippen LogP contribution in [-0.4, -0.2) is 29.4 Å². The number of likely N-dealkylation sites (N-methyl/N-ethyl adjacent to an activating group) is 1. The second-order valence-electron chi connectivity index (χ2n) is 4.39. The summed E-state index contributed by atoms with van der Waals surface area (Å²) in [6.45, 7) is 1.73. The summed E-state index contributed by atoms with van der Waals surface area (Å²) < 4.78 is 0. The van der Waals surface area contributed by atoms with Crippen molar-refractivity contribution in [1.29, 1.82) is 0 Å². The summed E-state index contributed by atoms with van der Waals surface area (Å²) in [5, 5.41) is 4.94. The first-order valence-corrected chi connectivity index (χ1v) is 6.98. The number of thiophene rings is 1. The fourth-order valence-corrected chi connectivity index (χ4v) is 2.51. The Morgan fingerprint density at radius 3 is 3.00 bits per heavy atom. The van der Waals surface area contributed by atoms with Gasteiger partial charge in [0.1, 0.15) is 0 Å². The van der Waals surface area contributed by atoms with Gasteiger partial charge >= 0.3 is 0 Å². The lowest BCUT2D eigenvalue weighted by atomic mass is 10.3. The van der Waals surface area contributed by atoms with E-state index in [1.54, 1.807) is 23.7 Å². The number of carbonyl (C=O) groups excluding carboxylic acids is 1. The van der Waals surface area contributed by atoms with Gasteiger partial charge in [-0.25, -0.2) is 0 Å². The zero-order valence-electron chi connectivity index (χ0n) is 10.9. The highest BCUT2D eigenvalue weighted by Crippen LogP contribution is 2.10. The Morgan fingerprint density at radius 2 is 2.32 bits per heavy atom. The maximum atomic E-state index is 11.8. The lowest BCUT2D eigenvalue weighted by Gasteiger charge is -2.15. The fraction of sp³-hybridized carbons (Fsp3) is 0.286. The molecule has 0 aromatic carbocycles. The Hall–Kier alpha value is -1.72. The van der Waals surface area contributed by atoms with Gasteiger partial charge in [0.2, 0.25) is 5.91 Å². The fourth-order valence-electron chi connectivity index (χ4n) is 1.73. The van der Waals surface area contributed by atoms with E-state index in [9.17, 15) is 4.79 Å². The van der Waals surface area contributed by atoms with Crippen LogP contribution in [-0.2, 0) is 17.9 Å². The van der Waals surface area contributed by atoms with Gasteiger partial charge in [-0.05, 0) is 30.1 Å². The van der Waals surface area contributed by atoms with E-state index in [0.29, 0.717) is 13.1 Å². The Labute approximate surface area is 117 Å². The molecule has 0 saturated heterocycles. The second-order valence-corrected chi connectivity index (χ2v) is 5.42. The summed E-state index contributed by atoms with van der Waals surface area (Å²) in [7, 11) is 1.95. The van der Waals surface area contributed by atoms with Gasteiger partial charge in [0.25, 0.3) is 0 Å². The van der Waals surface area contributed by atoms with E-state index in [-0.39, 0.29) is 5.91 Å². The van der Waals surface area contributed by atoms with Crippen molar-refractivity contribution in [2.75, 3.05) is 13.6 Å². The third kappa shape index (κ3) is 4.81. The highest BCUT2D eigenvalue weighted by atomic mass is 32.1. The molecule has 0 fully saturated rings. The number of pyridine rings is 1. The predicted octanol–water partition coefficient (Wildman–Crippen LogP) is 1.89. The minimum atomic E-state index is 0.0305. The van der Waals surface area contributed by atoms with Crippen LogP contribution >= 0.6 is 11.3 Å². The molecule has 0 atom stereocenters. The van der Waals surface area contributed by atoms with Crippen molar-refractivity contribution in [1.82, 2.24) is 15.2 Å². The van der Waals surface area contributed by atoms with Crippen LogP contribution in [0.2, 0.25) is 0 Å². The Kier molecular flexibility index (Phi) is 5.06. The van der Waals surface area contributed by atoms with Crippen molar-refractivity contribution in [3.05, 3.63) is 52.5 Å². The molecule has 1 N–H and O–H groups in total. The van der Waals surface area contributed by atoms with Crippen LogP contribution in [0.15, 0.2) is 42.0 Å². The second kappa shape index (κ2) is 7.01. The van der Waals surface area contributed by atoms with Gasteiger partial charge in [-0.3, -0.25) is 14.7 Å². The lowest BCUT2D eigenvalue weighted by molar-refractivity contribution is -0.122. The van der Waals surface area contributed by atoms with E-state index in [4.69, 9.17) is 0 Å². The van der Waals surface area contributed by atoms with Crippen LogP contribution in [0.25, 0.3) is 0 Å². The third-order valence-electron chi connectivity index (χ3n) is 2.63. The number of aromatic nitrogens is 1. The number of hydrogen-bond donors (Lipinski definition) is 1. The van der Waals surface area contributed by atoms with Crippen molar-refractivity contribution in [2.24, 2.45) is 0 Å². The van der Waals surface area contributed by atoms with Crippen LogP contribution < -0.4 is 5.32 Å². The molecular weight excluding hydrogens is 258 g/mol. The largest absolute Gasteiger partial charge is 0.351 e. The normalized spacial score (nSPS) is 10.6. The molecule has 0 unspecified atom stereocenters. The number of carbonyl (C=O) groups is 1. The highest BCUT2D eigenvalue weighted by Gasteiger charge is 2.07. The molecule has 0 saturated carbocycles. The Balaban J connectivity index is 1.72. The zero-order chi connectivity index (χ0) is 13.5. The summed E-state index contributed by atoms with van der Waals surface area (Å²) in [6.07, 6.45) is 3.48. The maximum absolute atomic E-state index is 11.8. The Morgan fingerprint density at radius 1 is 1.42 bits per heavy atom. The molecule has 4 nitrogen and oxygen atoms in total. The molecule has 100 valence electrons. The summed E-state index contributed by atoms with van der Waals surface area (Å²) >= 11 is 1.71. The molecular formula is C14H17N3OS. The van der Waals surface area contributed by atoms with Gasteiger partial charge in [-0.1, -0.05) is 12.1 Å². The highest BCUT2D eigenvalue weighted by molar-refractivity contribution is 7.09. The number of nitrogens with zero attached hydrogens (tertiary/aromatic N) is 2. The van der Waals surface area contributed by atoms with E-state index in [1.165, 1.54) is 4.88 Å². The quantitative estimate of drug-likeness (QED) is 0.875. The average molecular weight is 275 g/mol. The lowest BCUT2D eigenvalue weighted by Crippen LogP contribution is -2.34. The first kappa shape index (κ1) is 13.7. The average Bonchev–Trinajstić information content (AvgIpc) is 2.90. The number of rotatable bonds is 6. The number of hydrogen-bond acceptors (Lipinski definition) is 4. The smallest absolute Gasteiger partial charge is 0.234 e. The molecule has 1 amide bonds. The van der Waals surface area contributed by atoms with Crippen molar-refractivity contribution in [3.8, 4) is 0 Å². The number of amides is 1. The van der Waals surface area contributed by atoms with Gasteiger partial charge in [0, 0.05) is 30.4 Å². The van der Waals surface area contributed by atoms with Crippen molar-refractivity contribution in [2.45, 2.75) is 13.1 Å². The summed E-state index contributed by atoms with van der Waals surface area (Å²) in [6, 6.07) is 7.91. The summed E-state index contributed by atoms with van der Waals surface area (Å²) in [5.41, 5.74) is 1.01. The first-order valence-electron chi connectivity index (χ1n) is 6.10. The van der Waals surface area contributed by atoms with Gasteiger partial charge < -0.3 is 5.32 Å². The molecule has 2 rings (SSSR count). The third-order valence-corrected chi connectivity index (χ3v) is 3.49. The summed E-state index contributed by atoms with van der Waals surface area (Å²) in [5.74, 6) is 0.0305. The molecule has 0 radical (unpaired) electrons. The van der Waals surface area contributed by atoms with Gasteiger partial charge in [-0.2, -0.15) is 0 Å². The summed E-state index contributed by atoms with van der Waals surface area (Å²) in [4.78, 5) is 19.1. The topological polar surface area (TPSA) is 45.2 Å². The number of nitrogens with one attached hydrogen (secondary N) is 1. The van der Waals surface area contributed by atoms with Crippen LogP contribution in [0.3, 0.4) is 0 Å². The minimum Gasteiger partial charge on any atom is -0.351 e. The molecule has 0 aliphatic heterocycles. The van der Waals surface area contributed by atoms with Gasteiger partial charge in [0.05, 0.1) is 6.54 Å². The van der Waals surface area contributed by atoms with Gasteiger partial charge in [0.15, 0.2) is 0 Å². The molecule has 0 spiro atoms. The molecule has 0 aliphatic rings. The maximum Gasteiger partial charge on any atom is 0.234 e.